The lowest BCUT2D eigenvalue weighted by atomic mass is 10.2. The molecule has 0 fully saturated rings. The second kappa shape index (κ2) is 4.61. The molecule has 0 atom stereocenters. The lowest BCUT2D eigenvalue weighted by Crippen LogP contribution is -2.15. The number of aromatic nitrogens is 2. The van der Waals surface area contributed by atoms with E-state index >= 15 is 0 Å². The minimum Gasteiger partial charge on any atom is -0.384 e. The van der Waals surface area contributed by atoms with Crippen LogP contribution in [0.5, 0.6) is 0 Å². The number of aryl methyl sites for hydroxylation is 1. The summed E-state index contributed by atoms with van der Waals surface area (Å²) in [4.78, 5) is 19.8. The normalized spacial score (nSPS) is 9.94. The summed E-state index contributed by atoms with van der Waals surface area (Å²) < 4.78 is 0. The number of nitrogen functional groups attached to an aromatic ring is 1. The van der Waals surface area contributed by atoms with Gasteiger partial charge in [-0.3, -0.25) is 9.78 Å². The molecule has 2 aromatic heterocycles. The molecule has 0 aliphatic carbocycles. The Kier molecular flexibility index (Phi) is 3.00. The van der Waals surface area contributed by atoms with Crippen molar-refractivity contribution in [2.45, 2.75) is 6.92 Å². The summed E-state index contributed by atoms with van der Waals surface area (Å²) in [7, 11) is 0. The highest BCUT2D eigenvalue weighted by molar-refractivity contribution is 6.03. The molecule has 0 unspecified atom stereocenters. The molecular weight excluding hydrogens is 216 g/mol. The van der Waals surface area contributed by atoms with Gasteiger partial charge < -0.3 is 11.1 Å². The van der Waals surface area contributed by atoms with Gasteiger partial charge in [0.1, 0.15) is 11.5 Å². The van der Waals surface area contributed by atoms with E-state index in [2.05, 4.69) is 15.3 Å². The number of carbonyl (C=O) groups is 1. The Hall–Kier alpha value is -2.43. The van der Waals surface area contributed by atoms with E-state index in [1.165, 1.54) is 0 Å². The number of hydrogen-bond donors (Lipinski definition) is 2. The average Bonchev–Trinajstić information content (AvgIpc) is 2.32. The average molecular weight is 228 g/mol. The molecule has 0 saturated carbocycles. The van der Waals surface area contributed by atoms with Crippen LogP contribution in [0.1, 0.15) is 16.1 Å². The molecule has 86 valence electrons. The lowest BCUT2D eigenvalue weighted by molar-refractivity contribution is 0.102. The maximum absolute atomic E-state index is 11.9. The predicted molar refractivity (Wildman–Crippen MR) is 65.6 cm³/mol. The fraction of sp³-hybridized carbons (Fsp3) is 0.0833. The number of nitrogens with two attached hydrogens (primary N) is 1. The number of carbonyl (C=O) groups excluding carboxylic acids is 1. The lowest BCUT2D eigenvalue weighted by Gasteiger charge is -2.07. The first kappa shape index (κ1) is 11.1. The molecule has 0 radical (unpaired) electrons. The molecule has 5 nitrogen and oxygen atoms in total. The van der Waals surface area contributed by atoms with Gasteiger partial charge in [-0.15, -0.1) is 0 Å². The second-order valence-corrected chi connectivity index (χ2v) is 3.59. The molecule has 2 aromatic rings. The zero-order chi connectivity index (χ0) is 12.3. The summed E-state index contributed by atoms with van der Waals surface area (Å²) >= 11 is 0. The van der Waals surface area contributed by atoms with Gasteiger partial charge in [0.15, 0.2) is 0 Å². The van der Waals surface area contributed by atoms with Crippen molar-refractivity contribution in [2.75, 3.05) is 11.1 Å². The van der Waals surface area contributed by atoms with E-state index in [-0.39, 0.29) is 5.91 Å². The molecule has 2 rings (SSSR count). The number of nitrogens with one attached hydrogen (secondary N) is 1. The van der Waals surface area contributed by atoms with Gasteiger partial charge in [-0.25, -0.2) is 4.98 Å². The molecule has 1 amide bonds. The van der Waals surface area contributed by atoms with Crippen molar-refractivity contribution >= 4 is 17.4 Å². The van der Waals surface area contributed by atoms with Crippen LogP contribution in [-0.4, -0.2) is 15.9 Å². The zero-order valence-corrected chi connectivity index (χ0v) is 9.34. The molecule has 0 aliphatic rings. The highest BCUT2D eigenvalue weighted by Gasteiger charge is 2.08. The molecule has 17 heavy (non-hydrogen) atoms. The van der Waals surface area contributed by atoms with Crippen LogP contribution in [0.2, 0.25) is 0 Å². The van der Waals surface area contributed by atoms with Crippen LogP contribution < -0.4 is 11.1 Å². The summed E-state index contributed by atoms with van der Waals surface area (Å²) in [5.74, 6) is 0.0377. The van der Waals surface area contributed by atoms with E-state index in [4.69, 9.17) is 5.73 Å². The van der Waals surface area contributed by atoms with Crippen molar-refractivity contribution in [1.29, 1.82) is 0 Å². The predicted octanol–water partition coefficient (Wildman–Crippen LogP) is 1.62. The molecule has 0 aromatic carbocycles. The number of nitrogens with zero attached hydrogens (tertiary/aromatic N) is 2. The molecule has 3 N–H and O–H groups in total. The summed E-state index contributed by atoms with van der Waals surface area (Å²) in [5.41, 5.74) is 7.42. The van der Waals surface area contributed by atoms with Crippen LogP contribution in [-0.2, 0) is 0 Å². The molecule has 0 spiro atoms. The third-order valence-corrected chi connectivity index (χ3v) is 2.27. The highest BCUT2D eigenvalue weighted by Crippen LogP contribution is 2.13. The Morgan fingerprint density at radius 3 is 2.88 bits per heavy atom. The van der Waals surface area contributed by atoms with E-state index in [0.717, 1.165) is 5.56 Å². The van der Waals surface area contributed by atoms with Crippen LogP contribution >= 0.6 is 0 Å². The quantitative estimate of drug-likeness (QED) is 0.818. The summed E-state index contributed by atoms with van der Waals surface area (Å²) in [6.45, 7) is 1.87. The van der Waals surface area contributed by atoms with E-state index in [1.807, 2.05) is 6.92 Å². The maximum atomic E-state index is 11.9. The SMILES string of the molecule is Cc1cnccc1NC(=O)c1cccc(N)n1. The van der Waals surface area contributed by atoms with Gasteiger partial charge in [-0.2, -0.15) is 0 Å². The Morgan fingerprint density at radius 2 is 2.18 bits per heavy atom. The third kappa shape index (κ3) is 2.57. The van der Waals surface area contributed by atoms with Crippen molar-refractivity contribution in [3.63, 3.8) is 0 Å². The third-order valence-electron chi connectivity index (χ3n) is 2.27. The second-order valence-electron chi connectivity index (χ2n) is 3.59. The Labute approximate surface area is 98.7 Å². The van der Waals surface area contributed by atoms with Gasteiger partial charge in [-0.1, -0.05) is 6.07 Å². The molecule has 5 heteroatoms. The summed E-state index contributed by atoms with van der Waals surface area (Å²) in [5, 5.41) is 2.76. The Balaban J connectivity index is 2.20. The highest BCUT2D eigenvalue weighted by atomic mass is 16.1. The van der Waals surface area contributed by atoms with Crippen LogP contribution in [0.25, 0.3) is 0 Å². The van der Waals surface area contributed by atoms with Crippen LogP contribution in [0, 0.1) is 6.92 Å². The number of amides is 1. The van der Waals surface area contributed by atoms with E-state index in [9.17, 15) is 4.79 Å². The van der Waals surface area contributed by atoms with Gasteiger partial charge in [0, 0.05) is 18.1 Å². The van der Waals surface area contributed by atoms with Crippen molar-refractivity contribution < 1.29 is 4.79 Å². The smallest absolute Gasteiger partial charge is 0.274 e. The van der Waals surface area contributed by atoms with Gasteiger partial charge in [0.2, 0.25) is 0 Å². The molecule has 0 aliphatic heterocycles. The molecule has 0 bridgehead atoms. The Morgan fingerprint density at radius 1 is 1.35 bits per heavy atom. The standard InChI is InChI=1S/C12H12N4O/c1-8-7-14-6-5-9(8)16-12(17)10-3-2-4-11(13)15-10/h2-7H,1H3,(H2,13,15)(H,14,16,17). The molecule has 0 saturated heterocycles. The van der Waals surface area contributed by atoms with Crippen molar-refractivity contribution in [1.82, 2.24) is 9.97 Å². The minimum absolute atomic E-state index is 0.286. The van der Waals surface area contributed by atoms with Crippen molar-refractivity contribution in [3.05, 3.63) is 47.9 Å². The fourth-order valence-electron chi connectivity index (χ4n) is 1.38. The van der Waals surface area contributed by atoms with Gasteiger partial charge >= 0.3 is 0 Å². The van der Waals surface area contributed by atoms with Crippen molar-refractivity contribution in [3.8, 4) is 0 Å². The minimum atomic E-state index is -0.286. The van der Waals surface area contributed by atoms with Crippen LogP contribution in [0.4, 0.5) is 11.5 Å². The zero-order valence-electron chi connectivity index (χ0n) is 9.34. The largest absolute Gasteiger partial charge is 0.384 e. The summed E-state index contributed by atoms with van der Waals surface area (Å²) in [6, 6.07) is 6.67. The monoisotopic (exact) mass is 228 g/mol. The number of rotatable bonds is 2. The first-order valence-electron chi connectivity index (χ1n) is 5.11. The maximum Gasteiger partial charge on any atom is 0.274 e. The van der Waals surface area contributed by atoms with Gasteiger partial charge in [0.25, 0.3) is 5.91 Å². The fourth-order valence-corrected chi connectivity index (χ4v) is 1.38. The summed E-state index contributed by atoms with van der Waals surface area (Å²) in [6.07, 6.45) is 3.30. The Bertz CT molecular complexity index is 554. The van der Waals surface area contributed by atoms with Crippen LogP contribution in [0.3, 0.4) is 0 Å². The first-order valence-corrected chi connectivity index (χ1v) is 5.11. The number of hydrogen-bond acceptors (Lipinski definition) is 4. The first-order chi connectivity index (χ1) is 8.16. The molecular formula is C12H12N4O. The number of anilines is 2. The van der Waals surface area contributed by atoms with Gasteiger partial charge in [0.05, 0.1) is 0 Å². The van der Waals surface area contributed by atoms with E-state index in [1.54, 1.807) is 36.7 Å². The molecule has 2 heterocycles. The van der Waals surface area contributed by atoms with Gasteiger partial charge in [-0.05, 0) is 30.7 Å². The van der Waals surface area contributed by atoms with Crippen LogP contribution in [0.15, 0.2) is 36.7 Å². The topological polar surface area (TPSA) is 80.9 Å². The van der Waals surface area contributed by atoms with E-state index < -0.39 is 0 Å². The van der Waals surface area contributed by atoms with Crippen molar-refractivity contribution in [2.24, 2.45) is 0 Å². The number of pyridine rings is 2. The van der Waals surface area contributed by atoms with E-state index in [0.29, 0.717) is 17.2 Å².